The molecule has 2 aliphatic rings. The van der Waals surface area contributed by atoms with Crippen LogP contribution in [0, 0.1) is 0 Å². The van der Waals surface area contributed by atoms with E-state index in [9.17, 15) is 4.79 Å². The Labute approximate surface area is 133 Å². The quantitative estimate of drug-likeness (QED) is 0.903. The molecular weight excluding hydrogens is 304 g/mol. The Bertz CT molecular complexity index is 513. The van der Waals surface area contributed by atoms with E-state index < -0.39 is 0 Å². The third-order valence-electron chi connectivity index (χ3n) is 3.99. The number of anilines is 2. The summed E-state index contributed by atoms with van der Waals surface area (Å²) < 4.78 is 0. The monoisotopic (exact) mass is 326 g/mol. The van der Waals surface area contributed by atoms with Gasteiger partial charge < -0.3 is 15.5 Å². The third kappa shape index (κ3) is 3.29. The van der Waals surface area contributed by atoms with Gasteiger partial charge in [0, 0.05) is 37.2 Å². The maximum Gasteiger partial charge on any atom is 0.267 e. The van der Waals surface area contributed by atoms with Crippen LogP contribution in [0.5, 0.6) is 0 Å². The molecule has 0 radical (unpaired) electrons. The van der Waals surface area contributed by atoms with Gasteiger partial charge in [-0.15, -0.1) is 0 Å². The Hall–Kier alpha value is -0.950. The van der Waals surface area contributed by atoms with Crippen LogP contribution < -0.4 is 10.6 Å². The Morgan fingerprint density at radius 1 is 1.29 bits per heavy atom. The van der Waals surface area contributed by atoms with Crippen molar-refractivity contribution in [2.75, 3.05) is 42.6 Å². The van der Waals surface area contributed by atoms with Gasteiger partial charge in [0.25, 0.3) is 5.91 Å². The first-order valence-corrected chi connectivity index (χ1v) is 9.44. The van der Waals surface area contributed by atoms with Gasteiger partial charge in [-0.3, -0.25) is 4.79 Å². The lowest BCUT2D eigenvalue weighted by Gasteiger charge is -2.30. The zero-order valence-electron chi connectivity index (χ0n) is 12.4. The Morgan fingerprint density at radius 3 is 2.76 bits per heavy atom. The molecule has 7 heteroatoms. The van der Waals surface area contributed by atoms with Crippen molar-refractivity contribution >= 4 is 40.0 Å². The topological polar surface area (TPSA) is 62.5 Å². The number of rotatable bonds is 2. The van der Waals surface area contributed by atoms with E-state index in [1.54, 1.807) is 0 Å². The van der Waals surface area contributed by atoms with Gasteiger partial charge in [-0.2, -0.15) is 11.8 Å². The molecule has 2 saturated heterocycles. The van der Waals surface area contributed by atoms with Gasteiger partial charge >= 0.3 is 0 Å². The highest BCUT2D eigenvalue weighted by Gasteiger charge is 2.27. The lowest BCUT2D eigenvalue weighted by molar-refractivity contribution is 0.0769. The van der Waals surface area contributed by atoms with E-state index in [1.807, 2.05) is 16.7 Å². The molecule has 1 unspecified atom stereocenters. The zero-order chi connectivity index (χ0) is 14.8. The molecule has 1 aromatic rings. The van der Waals surface area contributed by atoms with Gasteiger partial charge in [0.2, 0.25) is 0 Å². The average molecular weight is 326 g/mol. The second-order valence-corrected chi connectivity index (χ2v) is 8.21. The summed E-state index contributed by atoms with van der Waals surface area (Å²) in [6.45, 7) is 5.83. The van der Waals surface area contributed by atoms with Crippen LogP contribution in [0.2, 0.25) is 0 Å². The molecule has 0 spiro atoms. The number of nitrogens with zero attached hydrogens (tertiary/aromatic N) is 3. The molecule has 2 aliphatic heterocycles. The standard InChI is InChI=1S/C14H22N4OS2/c1-10-9-18(7-8-20-10)13(19)11-12(15)16-14(21-11)17-5-3-2-4-6-17/h10H,2-9,15H2,1H3. The number of amides is 1. The maximum atomic E-state index is 12.7. The number of hydrogen-bond donors (Lipinski definition) is 1. The second kappa shape index (κ2) is 6.44. The molecule has 2 fully saturated rings. The van der Waals surface area contributed by atoms with Crippen molar-refractivity contribution in [2.45, 2.75) is 31.4 Å². The van der Waals surface area contributed by atoms with E-state index >= 15 is 0 Å². The maximum absolute atomic E-state index is 12.7. The minimum Gasteiger partial charge on any atom is -0.382 e. The fraction of sp³-hybridized carbons (Fsp3) is 0.714. The Morgan fingerprint density at radius 2 is 2.05 bits per heavy atom. The average Bonchev–Trinajstić information content (AvgIpc) is 2.89. The molecule has 116 valence electrons. The molecule has 0 aromatic carbocycles. The molecule has 0 aliphatic carbocycles. The van der Waals surface area contributed by atoms with Crippen LogP contribution in [0.3, 0.4) is 0 Å². The Kier molecular flexibility index (Phi) is 4.59. The van der Waals surface area contributed by atoms with Crippen molar-refractivity contribution in [1.29, 1.82) is 0 Å². The fourth-order valence-electron chi connectivity index (χ4n) is 2.84. The number of piperidine rings is 1. The van der Waals surface area contributed by atoms with Gasteiger partial charge in [0.05, 0.1) is 0 Å². The van der Waals surface area contributed by atoms with Crippen LogP contribution in [0.1, 0.15) is 35.9 Å². The van der Waals surface area contributed by atoms with E-state index in [4.69, 9.17) is 5.73 Å². The van der Waals surface area contributed by atoms with Crippen molar-refractivity contribution in [3.05, 3.63) is 4.88 Å². The summed E-state index contributed by atoms with van der Waals surface area (Å²) in [7, 11) is 0. The second-order valence-electron chi connectivity index (χ2n) is 5.69. The lowest BCUT2D eigenvalue weighted by atomic mass is 10.1. The smallest absolute Gasteiger partial charge is 0.267 e. The summed E-state index contributed by atoms with van der Waals surface area (Å²) in [6.07, 6.45) is 3.68. The van der Waals surface area contributed by atoms with E-state index in [2.05, 4.69) is 16.8 Å². The molecule has 5 nitrogen and oxygen atoms in total. The van der Waals surface area contributed by atoms with Crippen molar-refractivity contribution in [3.8, 4) is 0 Å². The molecule has 3 rings (SSSR count). The van der Waals surface area contributed by atoms with Gasteiger partial charge in [0.15, 0.2) is 5.13 Å². The summed E-state index contributed by atoms with van der Waals surface area (Å²) in [5.74, 6) is 1.46. The van der Waals surface area contributed by atoms with Crippen LogP contribution in [0.25, 0.3) is 0 Å². The molecular formula is C14H22N4OS2. The minimum absolute atomic E-state index is 0.0559. The number of aromatic nitrogens is 1. The van der Waals surface area contributed by atoms with Gasteiger partial charge in [-0.1, -0.05) is 18.3 Å². The van der Waals surface area contributed by atoms with Gasteiger partial charge in [-0.05, 0) is 19.3 Å². The van der Waals surface area contributed by atoms with Crippen molar-refractivity contribution in [3.63, 3.8) is 0 Å². The molecule has 0 bridgehead atoms. The van der Waals surface area contributed by atoms with E-state index in [-0.39, 0.29) is 5.91 Å². The number of thiazole rings is 1. The molecule has 1 atom stereocenters. The Balaban J connectivity index is 1.75. The van der Waals surface area contributed by atoms with Crippen molar-refractivity contribution in [2.24, 2.45) is 0 Å². The van der Waals surface area contributed by atoms with Crippen LogP contribution in [-0.2, 0) is 0 Å². The predicted molar refractivity (Wildman–Crippen MR) is 90.4 cm³/mol. The number of carbonyl (C=O) groups is 1. The first-order valence-electron chi connectivity index (χ1n) is 7.57. The van der Waals surface area contributed by atoms with E-state index in [0.717, 1.165) is 37.1 Å². The van der Waals surface area contributed by atoms with Crippen LogP contribution in [-0.4, -0.2) is 53.0 Å². The predicted octanol–water partition coefficient (Wildman–Crippen LogP) is 2.29. The number of hydrogen-bond acceptors (Lipinski definition) is 6. The molecule has 0 saturated carbocycles. The van der Waals surface area contributed by atoms with Crippen molar-refractivity contribution in [1.82, 2.24) is 9.88 Å². The zero-order valence-corrected chi connectivity index (χ0v) is 14.0. The molecule has 3 heterocycles. The molecule has 21 heavy (non-hydrogen) atoms. The summed E-state index contributed by atoms with van der Waals surface area (Å²) in [5, 5.41) is 1.41. The highest BCUT2D eigenvalue weighted by atomic mass is 32.2. The highest BCUT2D eigenvalue weighted by molar-refractivity contribution is 7.99. The SMILES string of the molecule is CC1CN(C(=O)c2sc(N3CCCCC3)nc2N)CCS1. The number of carbonyl (C=O) groups excluding carboxylic acids is 1. The minimum atomic E-state index is 0.0559. The van der Waals surface area contributed by atoms with Crippen LogP contribution >= 0.6 is 23.1 Å². The number of thioether (sulfide) groups is 1. The van der Waals surface area contributed by atoms with E-state index in [1.165, 1.54) is 30.6 Å². The summed E-state index contributed by atoms with van der Waals surface area (Å²) >= 11 is 3.38. The third-order valence-corrected chi connectivity index (χ3v) is 6.25. The number of nitrogen functional groups attached to an aromatic ring is 1. The van der Waals surface area contributed by atoms with Crippen molar-refractivity contribution < 1.29 is 4.79 Å². The van der Waals surface area contributed by atoms with E-state index in [0.29, 0.717) is 15.9 Å². The normalized spacial score (nSPS) is 23.4. The van der Waals surface area contributed by atoms with Gasteiger partial charge in [0.1, 0.15) is 10.7 Å². The first kappa shape index (κ1) is 15.0. The first-order chi connectivity index (χ1) is 10.1. The fourth-order valence-corrected chi connectivity index (χ4v) is 4.86. The molecule has 1 aromatic heterocycles. The molecule has 2 N–H and O–H groups in total. The summed E-state index contributed by atoms with van der Waals surface area (Å²) in [4.78, 5) is 21.9. The number of nitrogens with two attached hydrogens (primary N) is 1. The molecule has 1 amide bonds. The highest BCUT2D eigenvalue weighted by Crippen LogP contribution is 2.31. The van der Waals surface area contributed by atoms with Crippen LogP contribution in [0.15, 0.2) is 0 Å². The van der Waals surface area contributed by atoms with Crippen LogP contribution in [0.4, 0.5) is 10.9 Å². The van der Waals surface area contributed by atoms with Gasteiger partial charge in [-0.25, -0.2) is 4.98 Å². The largest absolute Gasteiger partial charge is 0.382 e. The lowest BCUT2D eigenvalue weighted by Crippen LogP contribution is -2.40. The summed E-state index contributed by atoms with van der Waals surface area (Å²) in [5.41, 5.74) is 6.01. The summed E-state index contributed by atoms with van der Waals surface area (Å²) in [6, 6.07) is 0.